The maximum atomic E-state index is 12.9. The molecule has 26 heavy (non-hydrogen) atoms. The van der Waals surface area contributed by atoms with Crippen molar-refractivity contribution in [1.29, 1.82) is 0 Å². The van der Waals surface area contributed by atoms with Gasteiger partial charge in [0, 0.05) is 25.7 Å². The molecular weight excluding hydrogens is 331 g/mol. The molecule has 0 unspecified atom stereocenters. The minimum Gasteiger partial charge on any atom is -0.357 e. The smallest absolute Gasteiger partial charge is 0.221 e. The van der Waals surface area contributed by atoms with Crippen LogP contribution in [0.3, 0.4) is 0 Å². The summed E-state index contributed by atoms with van der Waals surface area (Å²) in [6, 6.07) is 14.1. The third-order valence-corrected chi connectivity index (χ3v) is 3.63. The molecule has 0 aromatic heterocycles. The Bertz CT molecular complexity index is 744. The molecule has 138 valence electrons. The molecule has 0 saturated heterocycles. The molecule has 0 aliphatic heterocycles. The molecule has 0 aliphatic rings. The number of guanidine groups is 1. The lowest BCUT2D eigenvalue weighted by Crippen LogP contribution is -2.38. The zero-order chi connectivity index (χ0) is 18.8. The van der Waals surface area contributed by atoms with Crippen molar-refractivity contribution < 1.29 is 9.18 Å². The van der Waals surface area contributed by atoms with E-state index >= 15 is 0 Å². The number of benzene rings is 2. The Labute approximate surface area is 153 Å². The van der Waals surface area contributed by atoms with Gasteiger partial charge in [-0.2, -0.15) is 0 Å². The van der Waals surface area contributed by atoms with Crippen LogP contribution in [0, 0.1) is 5.82 Å². The average molecular weight is 356 g/mol. The van der Waals surface area contributed by atoms with Gasteiger partial charge in [0.25, 0.3) is 0 Å². The summed E-state index contributed by atoms with van der Waals surface area (Å²) in [6.07, 6.45) is 0.780. The van der Waals surface area contributed by atoms with E-state index in [1.165, 1.54) is 19.1 Å². The van der Waals surface area contributed by atoms with Crippen molar-refractivity contribution in [3.05, 3.63) is 65.5 Å². The summed E-state index contributed by atoms with van der Waals surface area (Å²) in [5.41, 5.74) is 2.84. The van der Waals surface area contributed by atoms with Crippen LogP contribution in [0.5, 0.6) is 0 Å². The van der Waals surface area contributed by atoms with Crippen LogP contribution < -0.4 is 16.0 Å². The van der Waals surface area contributed by atoms with Crippen LogP contribution in [0.2, 0.25) is 0 Å². The van der Waals surface area contributed by atoms with Gasteiger partial charge in [0.2, 0.25) is 5.91 Å². The minimum absolute atomic E-state index is 0.0959. The second kappa shape index (κ2) is 10.2. The topological polar surface area (TPSA) is 65.5 Å². The van der Waals surface area contributed by atoms with E-state index < -0.39 is 0 Å². The third-order valence-electron chi connectivity index (χ3n) is 3.63. The highest BCUT2D eigenvalue weighted by molar-refractivity contribution is 5.88. The van der Waals surface area contributed by atoms with Crippen LogP contribution in [0.25, 0.3) is 0 Å². The van der Waals surface area contributed by atoms with Gasteiger partial charge in [-0.3, -0.25) is 4.79 Å². The fourth-order valence-corrected chi connectivity index (χ4v) is 2.44. The molecule has 2 aromatic carbocycles. The van der Waals surface area contributed by atoms with Gasteiger partial charge in [-0.1, -0.05) is 24.3 Å². The fraction of sp³-hybridized carbons (Fsp3) is 0.300. The molecule has 2 rings (SSSR count). The molecule has 0 spiro atoms. The lowest BCUT2D eigenvalue weighted by Gasteiger charge is -2.11. The number of rotatable bonds is 7. The number of aliphatic imine (C=N–C) groups is 1. The van der Waals surface area contributed by atoms with Gasteiger partial charge in [-0.05, 0) is 48.7 Å². The summed E-state index contributed by atoms with van der Waals surface area (Å²) in [5, 5.41) is 9.25. The summed E-state index contributed by atoms with van der Waals surface area (Å²) < 4.78 is 12.9. The molecule has 0 atom stereocenters. The number of carbonyl (C=O) groups is 1. The van der Waals surface area contributed by atoms with E-state index in [2.05, 4.69) is 20.9 Å². The molecule has 0 aliphatic carbocycles. The van der Waals surface area contributed by atoms with E-state index in [1.807, 2.05) is 31.2 Å². The standard InChI is InChI=1S/C20H25FN4O/c1-3-22-20(23-12-11-16-7-9-18(21)10-8-16)24-14-17-5-4-6-19(13-17)25-15(2)26/h4-10,13H,3,11-12,14H2,1-2H3,(H,25,26)(H2,22,23,24). The van der Waals surface area contributed by atoms with E-state index in [1.54, 1.807) is 12.1 Å². The van der Waals surface area contributed by atoms with Crippen LogP contribution in [0.1, 0.15) is 25.0 Å². The Hall–Kier alpha value is -2.89. The number of hydrogen-bond acceptors (Lipinski definition) is 2. The molecule has 5 nitrogen and oxygen atoms in total. The molecule has 0 heterocycles. The van der Waals surface area contributed by atoms with Crippen LogP contribution in [0.15, 0.2) is 53.5 Å². The van der Waals surface area contributed by atoms with Crippen LogP contribution in [0.4, 0.5) is 10.1 Å². The largest absolute Gasteiger partial charge is 0.357 e. The minimum atomic E-state index is -0.224. The van der Waals surface area contributed by atoms with Crippen molar-refractivity contribution in [3.8, 4) is 0 Å². The van der Waals surface area contributed by atoms with E-state index in [-0.39, 0.29) is 11.7 Å². The van der Waals surface area contributed by atoms with Crippen molar-refractivity contribution in [2.45, 2.75) is 26.8 Å². The van der Waals surface area contributed by atoms with Crippen LogP contribution in [-0.4, -0.2) is 25.0 Å². The summed E-state index contributed by atoms with van der Waals surface area (Å²) in [7, 11) is 0. The van der Waals surface area contributed by atoms with E-state index in [4.69, 9.17) is 0 Å². The van der Waals surface area contributed by atoms with Gasteiger partial charge in [-0.25, -0.2) is 9.38 Å². The molecule has 1 amide bonds. The first kappa shape index (κ1) is 19.4. The number of nitrogens with one attached hydrogen (secondary N) is 3. The molecule has 2 aromatic rings. The Morgan fingerprint density at radius 1 is 1.08 bits per heavy atom. The second-order valence-electron chi connectivity index (χ2n) is 5.88. The van der Waals surface area contributed by atoms with Crippen LogP contribution in [-0.2, 0) is 17.8 Å². The zero-order valence-electron chi connectivity index (χ0n) is 15.2. The fourth-order valence-electron chi connectivity index (χ4n) is 2.44. The number of anilines is 1. The summed E-state index contributed by atoms with van der Waals surface area (Å²) in [6.45, 7) is 5.45. The summed E-state index contributed by atoms with van der Waals surface area (Å²) in [5.74, 6) is 0.402. The van der Waals surface area contributed by atoms with Crippen molar-refractivity contribution in [2.75, 3.05) is 18.4 Å². The third kappa shape index (κ3) is 6.93. The highest BCUT2D eigenvalue weighted by atomic mass is 19.1. The van der Waals surface area contributed by atoms with Gasteiger partial charge < -0.3 is 16.0 Å². The molecule has 0 saturated carbocycles. The monoisotopic (exact) mass is 356 g/mol. The number of nitrogens with zero attached hydrogens (tertiary/aromatic N) is 1. The molecule has 0 radical (unpaired) electrons. The van der Waals surface area contributed by atoms with Gasteiger partial charge in [0.05, 0.1) is 6.54 Å². The Morgan fingerprint density at radius 3 is 2.54 bits per heavy atom. The van der Waals surface area contributed by atoms with Gasteiger partial charge in [-0.15, -0.1) is 0 Å². The van der Waals surface area contributed by atoms with Crippen molar-refractivity contribution in [1.82, 2.24) is 10.6 Å². The van der Waals surface area contributed by atoms with Crippen molar-refractivity contribution in [2.24, 2.45) is 4.99 Å². The molecule has 6 heteroatoms. The number of carbonyl (C=O) groups excluding carboxylic acids is 1. The Morgan fingerprint density at radius 2 is 1.85 bits per heavy atom. The van der Waals surface area contributed by atoms with Gasteiger partial charge in [0.1, 0.15) is 5.82 Å². The van der Waals surface area contributed by atoms with Gasteiger partial charge >= 0.3 is 0 Å². The van der Waals surface area contributed by atoms with E-state index in [0.29, 0.717) is 13.1 Å². The highest BCUT2D eigenvalue weighted by Gasteiger charge is 2.01. The maximum absolute atomic E-state index is 12.9. The lowest BCUT2D eigenvalue weighted by atomic mass is 10.1. The summed E-state index contributed by atoms with van der Waals surface area (Å²) >= 11 is 0. The average Bonchev–Trinajstić information content (AvgIpc) is 2.61. The first-order valence-electron chi connectivity index (χ1n) is 8.70. The van der Waals surface area contributed by atoms with Gasteiger partial charge in [0.15, 0.2) is 5.96 Å². The zero-order valence-corrected chi connectivity index (χ0v) is 15.2. The Balaban J connectivity index is 1.91. The summed E-state index contributed by atoms with van der Waals surface area (Å²) in [4.78, 5) is 15.7. The number of halogens is 1. The number of hydrogen-bond donors (Lipinski definition) is 3. The molecule has 0 bridgehead atoms. The van der Waals surface area contributed by atoms with Crippen molar-refractivity contribution in [3.63, 3.8) is 0 Å². The molecule has 3 N–H and O–H groups in total. The quantitative estimate of drug-likeness (QED) is 0.528. The number of amides is 1. The first-order chi connectivity index (χ1) is 12.6. The highest BCUT2D eigenvalue weighted by Crippen LogP contribution is 2.11. The van der Waals surface area contributed by atoms with Crippen molar-refractivity contribution >= 4 is 17.6 Å². The maximum Gasteiger partial charge on any atom is 0.221 e. The second-order valence-corrected chi connectivity index (χ2v) is 5.88. The normalized spacial score (nSPS) is 11.1. The predicted molar refractivity (Wildman–Crippen MR) is 104 cm³/mol. The lowest BCUT2D eigenvalue weighted by molar-refractivity contribution is -0.114. The molecule has 0 fully saturated rings. The van der Waals surface area contributed by atoms with Crippen LogP contribution >= 0.6 is 0 Å². The first-order valence-corrected chi connectivity index (χ1v) is 8.70. The molecular formula is C20H25FN4O. The van der Waals surface area contributed by atoms with E-state index in [0.717, 1.165) is 35.7 Å². The predicted octanol–water partition coefficient (Wildman–Crippen LogP) is 3.08. The SMILES string of the molecule is CCNC(=NCc1cccc(NC(C)=O)c1)NCCc1ccc(F)cc1. The van der Waals surface area contributed by atoms with E-state index in [9.17, 15) is 9.18 Å². The Kier molecular flexibility index (Phi) is 7.61.